The summed E-state index contributed by atoms with van der Waals surface area (Å²) in [5.41, 5.74) is -0.814. The van der Waals surface area contributed by atoms with Gasteiger partial charge in [0, 0.05) is 6.54 Å². The predicted molar refractivity (Wildman–Crippen MR) is 71.1 cm³/mol. The lowest BCUT2D eigenvalue weighted by Crippen LogP contribution is -2.40. The monoisotopic (exact) mass is 257 g/mol. The zero-order chi connectivity index (χ0) is 13.6. The third-order valence-electron chi connectivity index (χ3n) is 3.55. The molecule has 1 amide bonds. The molecular formula is C14H27NO3. The summed E-state index contributed by atoms with van der Waals surface area (Å²) in [6, 6.07) is 0. The highest BCUT2D eigenvalue weighted by atomic mass is 16.3. The molecule has 0 aromatic heterocycles. The summed E-state index contributed by atoms with van der Waals surface area (Å²) in [4.78, 5) is 11.7. The molecule has 1 rings (SSSR count). The minimum Gasteiger partial charge on any atom is -0.391 e. The Hall–Kier alpha value is -0.610. The van der Waals surface area contributed by atoms with Gasteiger partial charge in [-0.3, -0.25) is 4.79 Å². The van der Waals surface area contributed by atoms with Crippen molar-refractivity contribution in [2.24, 2.45) is 5.92 Å². The van der Waals surface area contributed by atoms with Crippen molar-refractivity contribution in [3.8, 4) is 0 Å². The number of carbonyl (C=O) groups excluding carboxylic acids is 1. The summed E-state index contributed by atoms with van der Waals surface area (Å²) in [5, 5.41) is 22.6. The molecule has 0 saturated heterocycles. The number of hydrogen-bond donors (Lipinski definition) is 3. The van der Waals surface area contributed by atoms with Crippen molar-refractivity contribution < 1.29 is 15.0 Å². The lowest BCUT2D eigenvalue weighted by atomic mass is 9.82. The Labute approximate surface area is 110 Å². The standard InChI is InChI=1S/C14H27NO3/c1-11(2)8-12(16)10-15-13(17)9-14(18)6-4-3-5-7-14/h11-12,16,18H,3-10H2,1-2H3,(H,15,17). The number of amides is 1. The van der Waals surface area contributed by atoms with Crippen molar-refractivity contribution in [1.29, 1.82) is 0 Å². The van der Waals surface area contributed by atoms with Crippen LogP contribution in [0.3, 0.4) is 0 Å². The van der Waals surface area contributed by atoms with Crippen LogP contribution in [0.2, 0.25) is 0 Å². The van der Waals surface area contributed by atoms with Crippen molar-refractivity contribution in [1.82, 2.24) is 5.32 Å². The molecule has 1 saturated carbocycles. The number of aliphatic hydroxyl groups is 2. The van der Waals surface area contributed by atoms with Crippen LogP contribution in [0.4, 0.5) is 0 Å². The zero-order valence-electron chi connectivity index (χ0n) is 11.6. The van der Waals surface area contributed by atoms with Crippen LogP contribution < -0.4 is 5.32 Å². The first-order chi connectivity index (χ1) is 8.41. The summed E-state index contributed by atoms with van der Waals surface area (Å²) in [5.74, 6) is 0.265. The average molecular weight is 257 g/mol. The van der Waals surface area contributed by atoms with Gasteiger partial charge in [-0.1, -0.05) is 33.1 Å². The molecular weight excluding hydrogens is 230 g/mol. The Morgan fingerprint density at radius 3 is 2.44 bits per heavy atom. The molecule has 1 unspecified atom stereocenters. The quantitative estimate of drug-likeness (QED) is 0.677. The molecule has 18 heavy (non-hydrogen) atoms. The molecule has 1 fully saturated rings. The summed E-state index contributed by atoms with van der Waals surface area (Å²) in [7, 11) is 0. The molecule has 0 aliphatic heterocycles. The smallest absolute Gasteiger partial charge is 0.222 e. The number of rotatable bonds is 6. The van der Waals surface area contributed by atoms with Crippen LogP contribution in [-0.4, -0.2) is 34.4 Å². The highest BCUT2D eigenvalue weighted by Crippen LogP contribution is 2.30. The minimum absolute atomic E-state index is 0.151. The largest absolute Gasteiger partial charge is 0.391 e. The Balaban J connectivity index is 2.24. The van der Waals surface area contributed by atoms with Gasteiger partial charge in [0.1, 0.15) is 0 Å². The van der Waals surface area contributed by atoms with Gasteiger partial charge in [-0.15, -0.1) is 0 Å². The minimum atomic E-state index is -0.814. The molecule has 1 aliphatic carbocycles. The first kappa shape index (κ1) is 15.4. The highest BCUT2D eigenvalue weighted by Gasteiger charge is 2.31. The van der Waals surface area contributed by atoms with Gasteiger partial charge < -0.3 is 15.5 Å². The van der Waals surface area contributed by atoms with E-state index in [1.807, 2.05) is 13.8 Å². The maximum atomic E-state index is 11.7. The van der Waals surface area contributed by atoms with Crippen molar-refractivity contribution in [3.63, 3.8) is 0 Å². The molecule has 3 N–H and O–H groups in total. The molecule has 0 bridgehead atoms. The summed E-state index contributed by atoms with van der Waals surface area (Å²) in [6.45, 7) is 4.36. The van der Waals surface area contributed by atoms with E-state index in [1.165, 1.54) is 0 Å². The Bertz CT molecular complexity index is 260. The molecule has 0 radical (unpaired) electrons. The van der Waals surface area contributed by atoms with Gasteiger partial charge in [-0.2, -0.15) is 0 Å². The van der Waals surface area contributed by atoms with Crippen molar-refractivity contribution in [2.75, 3.05) is 6.54 Å². The Kier molecular flexibility index (Phi) is 6.09. The maximum absolute atomic E-state index is 11.7. The number of hydrogen-bond acceptors (Lipinski definition) is 3. The number of aliphatic hydroxyl groups excluding tert-OH is 1. The predicted octanol–water partition coefficient (Wildman–Crippen LogP) is 1.59. The van der Waals surface area contributed by atoms with E-state index in [9.17, 15) is 15.0 Å². The van der Waals surface area contributed by atoms with Gasteiger partial charge in [0.05, 0.1) is 18.1 Å². The van der Waals surface area contributed by atoms with Crippen LogP contribution in [-0.2, 0) is 4.79 Å². The fraction of sp³-hybridized carbons (Fsp3) is 0.929. The van der Waals surface area contributed by atoms with Crippen LogP contribution in [0.15, 0.2) is 0 Å². The molecule has 0 heterocycles. The van der Waals surface area contributed by atoms with Crippen LogP contribution >= 0.6 is 0 Å². The molecule has 0 aromatic rings. The van der Waals surface area contributed by atoms with E-state index in [4.69, 9.17) is 0 Å². The van der Waals surface area contributed by atoms with Crippen LogP contribution in [0.1, 0.15) is 58.8 Å². The maximum Gasteiger partial charge on any atom is 0.222 e. The van der Waals surface area contributed by atoms with E-state index in [1.54, 1.807) is 0 Å². The van der Waals surface area contributed by atoms with E-state index >= 15 is 0 Å². The molecule has 0 aromatic carbocycles. The van der Waals surface area contributed by atoms with E-state index < -0.39 is 11.7 Å². The first-order valence-corrected chi connectivity index (χ1v) is 7.08. The zero-order valence-corrected chi connectivity index (χ0v) is 11.6. The molecule has 4 nitrogen and oxygen atoms in total. The Morgan fingerprint density at radius 2 is 1.89 bits per heavy atom. The van der Waals surface area contributed by atoms with E-state index in [-0.39, 0.29) is 18.9 Å². The second kappa shape index (κ2) is 7.10. The lowest BCUT2D eigenvalue weighted by Gasteiger charge is -2.31. The SMILES string of the molecule is CC(C)CC(O)CNC(=O)CC1(O)CCCCC1. The van der Waals surface area contributed by atoms with Gasteiger partial charge >= 0.3 is 0 Å². The second-order valence-corrected chi connectivity index (χ2v) is 6.05. The van der Waals surface area contributed by atoms with Gasteiger partial charge in [-0.25, -0.2) is 0 Å². The van der Waals surface area contributed by atoms with Crippen molar-refractivity contribution in [2.45, 2.75) is 70.5 Å². The molecule has 1 atom stereocenters. The van der Waals surface area contributed by atoms with Gasteiger partial charge in [0.25, 0.3) is 0 Å². The van der Waals surface area contributed by atoms with Gasteiger partial charge in [-0.05, 0) is 25.2 Å². The Morgan fingerprint density at radius 1 is 1.28 bits per heavy atom. The summed E-state index contributed by atoms with van der Waals surface area (Å²) < 4.78 is 0. The fourth-order valence-corrected chi connectivity index (χ4v) is 2.61. The molecule has 4 heteroatoms. The highest BCUT2D eigenvalue weighted by molar-refractivity contribution is 5.77. The molecule has 1 aliphatic rings. The van der Waals surface area contributed by atoms with Crippen LogP contribution in [0, 0.1) is 5.92 Å². The van der Waals surface area contributed by atoms with Crippen LogP contribution in [0.5, 0.6) is 0 Å². The number of carbonyl (C=O) groups is 1. The molecule has 0 spiro atoms. The van der Waals surface area contributed by atoms with Gasteiger partial charge in [0.2, 0.25) is 5.91 Å². The third-order valence-corrected chi connectivity index (χ3v) is 3.55. The first-order valence-electron chi connectivity index (χ1n) is 7.08. The second-order valence-electron chi connectivity index (χ2n) is 6.05. The lowest BCUT2D eigenvalue weighted by molar-refractivity contribution is -0.128. The van der Waals surface area contributed by atoms with Gasteiger partial charge in [0.15, 0.2) is 0 Å². The summed E-state index contributed by atoms with van der Waals surface area (Å²) in [6.07, 6.45) is 4.95. The van der Waals surface area contributed by atoms with Crippen LogP contribution in [0.25, 0.3) is 0 Å². The third kappa shape index (κ3) is 5.83. The van der Waals surface area contributed by atoms with Crippen molar-refractivity contribution >= 4 is 5.91 Å². The van der Waals surface area contributed by atoms with E-state index in [2.05, 4.69) is 5.32 Å². The van der Waals surface area contributed by atoms with Crippen molar-refractivity contribution in [3.05, 3.63) is 0 Å². The van der Waals surface area contributed by atoms with E-state index in [0.29, 0.717) is 12.3 Å². The summed E-state index contributed by atoms with van der Waals surface area (Å²) >= 11 is 0. The average Bonchev–Trinajstić information content (AvgIpc) is 2.26. The molecule has 106 valence electrons. The number of nitrogens with one attached hydrogen (secondary N) is 1. The van der Waals surface area contributed by atoms with E-state index in [0.717, 1.165) is 32.1 Å². The normalized spacial score (nSPS) is 20.7. The topological polar surface area (TPSA) is 69.6 Å². The fourth-order valence-electron chi connectivity index (χ4n) is 2.61.